The van der Waals surface area contributed by atoms with Gasteiger partial charge in [0.1, 0.15) is 5.75 Å². The van der Waals surface area contributed by atoms with E-state index in [4.69, 9.17) is 0 Å². The summed E-state index contributed by atoms with van der Waals surface area (Å²) in [5.41, 5.74) is 2.56. The molecule has 3 heteroatoms. The van der Waals surface area contributed by atoms with Gasteiger partial charge in [-0.1, -0.05) is 12.1 Å². The van der Waals surface area contributed by atoms with Gasteiger partial charge in [0.15, 0.2) is 0 Å². The third-order valence-corrected chi connectivity index (χ3v) is 4.35. The molecule has 0 bridgehead atoms. The number of thiophene rings is 1. The van der Waals surface area contributed by atoms with Crippen LogP contribution in [0.3, 0.4) is 0 Å². The van der Waals surface area contributed by atoms with E-state index < -0.39 is 0 Å². The molecule has 0 aliphatic carbocycles. The molecular weight excluding hydrogens is 242 g/mol. The summed E-state index contributed by atoms with van der Waals surface area (Å²) in [6.07, 6.45) is 0. The molecule has 2 rings (SSSR count). The molecule has 2 N–H and O–H groups in total. The molecule has 0 spiro atoms. The number of rotatable bonds is 4. The monoisotopic (exact) mass is 261 g/mol. The Morgan fingerprint density at radius 3 is 2.44 bits per heavy atom. The molecule has 2 nitrogen and oxygen atoms in total. The first-order valence-electron chi connectivity index (χ1n) is 6.14. The molecule has 1 aromatic heterocycles. The number of hydrogen-bond donors (Lipinski definition) is 2. The highest BCUT2D eigenvalue weighted by atomic mass is 32.1. The van der Waals surface area contributed by atoms with E-state index in [2.05, 4.69) is 32.2 Å². The van der Waals surface area contributed by atoms with Crippen molar-refractivity contribution in [2.75, 3.05) is 0 Å². The lowest BCUT2D eigenvalue weighted by atomic mass is 10.1. The summed E-state index contributed by atoms with van der Waals surface area (Å²) in [4.78, 5) is 2.76. The van der Waals surface area contributed by atoms with Crippen LogP contribution in [0, 0.1) is 13.8 Å². The van der Waals surface area contributed by atoms with E-state index in [1.165, 1.54) is 20.9 Å². The van der Waals surface area contributed by atoms with Gasteiger partial charge in [-0.25, -0.2) is 0 Å². The first kappa shape index (κ1) is 13.1. The molecule has 0 saturated carbocycles. The largest absolute Gasteiger partial charge is 0.508 e. The highest BCUT2D eigenvalue weighted by Gasteiger charge is 2.06. The zero-order chi connectivity index (χ0) is 13.1. The third-order valence-electron chi connectivity index (χ3n) is 3.19. The Labute approximate surface area is 112 Å². The minimum absolute atomic E-state index is 0.285. The van der Waals surface area contributed by atoms with Crippen molar-refractivity contribution >= 4 is 11.3 Å². The summed E-state index contributed by atoms with van der Waals surface area (Å²) >= 11 is 1.85. The van der Waals surface area contributed by atoms with Gasteiger partial charge in [0.25, 0.3) is 0 Å². The van der Waals surface area contributed by atoms with Crippen molar-refractivity contribution in [2.45, 2.75) is 33.4 Å². The summed E-state index contributed by atoms with van der Waals surface area (Å²) in [7, 11) is 0. The van der Waals surface area contributed by atoms with Crippen LogP contribution in [-0.2, 0) is 6.54 Å². The van der Waals surface area contributed by atoms with E-state index in [0.717, 1.165) is 6.54 Å². The van der Waals surface area contributed by atoms with Crippen molar-refractivity contribution in [3.8, 4) is 5.75 Å². The van der Waals surface area contributed by atoms with E-state index in [-0.39, 0.29) is 6.04 Å². The maximum absolute atomic E-state index is 9.26. The predicted molar refractivity (Wildman–Crippen MR) is 77.2 cm³/mol. The maximum atomic E-state index is 9.26. The van der Waals surface area contributed by atoms with Gasteiger partial charge in [-0.15, -0.1) is 11.3 Å². The fraction of sp³-hybridized carbons (Fsp3) is 0.333. The van der Waals surface area contributed by atoms with E-state index in [1.807, 2.05) is 23.5 Å². The van der Waals surface area contributed by atoms with Gasteiger partial charge in [0.2, 0.25) is 0 Å². The average molecular weight is 261 g/mol. The fourth-order valence-corrected chi connectivity index (χ4v) is 2.88. The molecular formula is C15H19NOS. The second kappa shape index (κ2) is 5.55. The summed E-state index contributed by atoms with van der Waals surface area (Å²) in [5, 5.41) is 12.8. The number of aromatic hydroxyl groups is 1. The van der Waals surface area contributed by atoms with Crippen molar-refractivity contribution in [3.63, 3.8) is 0 Å². The van der Waals surface area contributed by atoms with Crippen molar-refractivity contribution in [1.82, 2.24) is 5.32 Å². The molecule has 0 fully saturated rings. The lowest BCUT2D eigenvalue weighted by Crippen LogP contribution is -2.17. The molecule has 18 heavy (non-hydrogen) atoms. The second-order valence-electron chi connectivity index (χ2n) is 4.65. The van der Waals surface area contributed by atoms with E-state index in [1.54, 1.807) is 12.1 Å². The van der Waals surface area contributed by atoms with E-state index in [9.17, 15) is 5.11 Å². The van der Waals surface area contributed by atoms with E-state index in [0.29, 0.717) is 5.75 Å². The summed E-state index contributed by atoms with van der Waals surface area (Å²) in [6, 6.07) is 9.90. The second-order valence-corrected chi connectivity index (χ2v) is 5.99. The van der Waals surface area contributed by atoms with Gasteiger partial charge < -0.3 is 10.4 Å². The lowest BCUT2D eigenvalue weighted by molar-refractivity contribution is 0.474. The fourth-order valence-electron chi connectivity index (χ4n) is 1.87. The Kier molecular flexibility index (Phi) is 4.04. The Bertz CT molecular complexity index is 496. The van der Waals surface area contributed by atoms with Crippen LogP contribution in [0.25, 0.3) is 0 Å². The summed E-state index contributed by atoms with van der Waals surface area (Å²) in [6.45, 7) is 7.34. The quantitative estimate of drug-likeness (QED) is 0.874. The molecule has 1 unspecified atom stereocenters. The van der Waals surface area contributed by atoms with Crippen LogP contribution < -0.4 is 5.32 Å². The molecule has 1 atom stereocenters. The van der Waals surface area contributed by atoms with E-state index >= 15 is 0 Å². The van der Waals surface area contributed by atoms with Crippen LogP contribution in [0.1, 0.15) is 33.8 Å². The van der Waals surface area contributed by atoms with Crippen molar-refractivity contribution < 1.29 is 5.11 Å². The molecule has 0 aliphatic rings. The highest BCUT2D eigenvalue weighted by molar-refractivity contribution is 7.12. The van der Waals surface area contributed by atoms with Crippen LogP contribution >= 0.6 is 11.3 Å². The zero-order valence-electron chi connectivity index (χ0n) is 11.0. The first-order valence-corrected chi connectivity index (χ1v) is 6.96. The Hall–Kier alpha value is -1.32. The summed E-state index contributed by atoms with van der Waals surface area (Å²) < 4.78 is 0. The highest BCUT2D eigenvalue weighted by Crippen LogP contribution is 2.22. The van der Waals surface area contributed by atoms with Crippen LogP contribution in [0.4, 0.5) is 0 Å². The Balaban J connectivity index is 1.95. The van der Waals surface area contributed by atoms with Gasteiger partial charge in [-0.2, -0.15) is 0 Å². The topological polar surface area (TPSA) is 32.3 Å². The van der Waals surface area contributed by atoms with Gasteiger partial charge in [-0.3, -0.25) is 0 Å². The van der Waals surface area contributed by atoms with Crippen LogP contribution in [0.5, 0.6) is 5.75 Å². The smallest absolute Gasteiger partial charge is 0.115 e. The third kappa shape index (κ3) is 3.12. The molecule has 0 aliphatic heterocycles. The lowest BCUT2D eigenvalue weighted by Gasteiger charge is -2.13. The van der Waals surface area contributed by atoms with Crippen molar-refractivity contribution in [1.29, 1.82) is 0 Å². The minimum atomic E-state index is 0.285. The Morgan fingerprint density at radius 2 is 1.89 bits per heavy atom. The molecule has 0 radical (unpaired) electrons. The SMILES string of the molecule is Cc1cc(CNC(C)c2ccc(O)cc2)sc1C. The zero-order valence-corrected chi connectivity index (χ0v) is 11.8. The van der Waals surface area contributed by atoms with Crippen LogP contribution in [-0.4, -0.2) is 5.11 Å². The van der Waals surface area contributed by atoms with Crippen LogP contribution in [0.2, 0.25) is 0 Å². The Morgan fingerprint density at radius 1 is 1.22 bits per heavy atom. The number of benzene rings is 1. The average Bonchev–Trinajstić information content (AvgIpc) is 2.67. The molecule has 1 aromatic carbocycles. The molecule has 1 heterocycles. The van der Waals surface area contributed by atoms with Crippen LogP contribution in [0.15, 0.2) is 30.3 Å². The summed E-state index contributed by atoms with van der Waals surface area (Å²) in [5.74, 6) is 0.315. The molecule has 96 valence electrons. The number of phenolic OH excluding ortho intramolecular Hbond substituents is 1. The molecule has 0 amide bonds. The first-order chi connectivity index (χ1) is 8.56. The molecule has 2 aromatic rings. The predicted octanol–water partition coefficient (Wildman–Crippen LogP) is 3.92. The number of nitrogens with one attached hydrogen (secondary N) is 1. The van der Waals surface area contributed by atoms with Crippen molar-refractivity contribution in [3.05, 3.63) is 51.2 Å². The number of phenols is 1. The number of hydrogen-bond acceptors (Lipinski definition) is 3. The molecule has 0 saturated heterocycles. The van der Waals surface area contributed by atoms with Crippen molar-refractivity contribution in [2.24, 2.45) is 0 Å². The van der Waals surface area contributed by atoms with Gasteiger partial charge in [-0.05, 0) is 50.1 Å². The normalized spacial score (nSPS) is 12.6. The number of aryl methyl sites for hydroxylation is 2. The van der Waals surface area contributed by atoms with Gasteiger partial charge >= 0.3 is 0 Å². The standard InChI is InChI=1S/C15H19NOS/c1-10-8-15(18-12(10)3)9-16-11(2)13-4-6-14(17)7-5-13/h4-8,11,16-17H,9H2,1-3H3. The maximum Gasteiger partial charge on any atom is 0.115 e. The minimum Gasteiger partial charge on any atom is -0.508 e. The van der Waals surface area contributed by atoms with Gasteiger partial charge in [0, 0.05) is 22.3 Å². The van der Waals surface area contributed by atoms with Gasteiger partial charge in [0.05, 0.1) is 0 Å².